The summed E-state index contributed by atoms with van der Waals surface area (Å²) in [5.41, 5.74) is 3.87. The molecule has 1 rings (SSSR count). The monoisotopic (exact) mass is 208 g/mol. The molecule has 0 amide bonds. The van der Waals surface area contributed by atoms with Crippen molar-refractivity contribution in [3.63, 3.8) is 0 Å². The van der Waals surface area contributed by atoms with Crippen LogP contribution in [0.25, 0.3) is 0 Å². The summed E-state index contributed by atoms with van der Waals surface area (Å²) in [6, 6.07) is 6.08. The zero-order valence-electron chi connectivity index (χ0n) is 9.10. The van der Waals surface area contributed by atoms with E-state index in [-0.39, 0.29) is 0 Å². The second-order valence-corrected chi connectivity index (χ2v) is 4.46. The molecule has 1 aromatic rings. The second kappa shape index (κ2) is 4.65. The fourth-order valence-electron chi connectivity index (χ4n) is 1.39. The van der Waals surface area contributed by atoms with E-state index in [0.29, 0.717) is 5.92 Å². The fraction of sp³-hybridized carbons (Fsp3) is 0.385. The standard InChI is InChI=1S/C13H17Cl/c1-9(2)10(3)7-12-5-6-13(14)8-11(12)4/h5-6,8,10H,1,7H2,2-4H3. The van der Waals surface area contributed by atoms with E-state index in [2.05, 4.69) is 33.4 Å². The molecule has 0 fully saturated rings. The van der Waals surface area contributed by atoms with E-state index in [1.165, 1.54) is 16.7 Å². The lowest BCUT2D eigenvalue weighted by Gasteiger charge is -2.13. The molecule has 0 bridgehead atoms. The molecule has 0 aliphatic rings. The number of benzene rings is 1. The Labute approximate surface area is 91.6 Å². The molecular weight excluding hydrogens is 192 g/mol. The number of hydrogen-bond acceptors (Lipinski definition) is 0. The molecule has 0 spiro atoms. The van der Waals surface area contributed by atoms with Gasteiger partial charge in [0.25, 0.3) is 0 Å². The molecule has 1 aromatic carbocycles. The zero-order chi connectivity index (χ0) is 10.7. The van der Waals surface area contributed by atoms with Crippen LogP contribution in [0, 0.1) is 12.8 Å². The first-order valence-electron chi connectivity index (χ1n) is 4.91. The molecule has 0 heterocycles. The quantitative estimate of drug-likeness (QED) is 0.646. The summed E-state index contributed by atoms with van der Waals surface area (Å²) in [5.74, 6) is 0.537. The number of hydrogen-bond donors (Lipinski definition) is 0. The van der Waals surface area contributed by atoms with Crippen LogP contribution in [-0.2, 0) is 6.42 Å². The molecule has 76 valence electrons. The first-order chi connectivity index (χ1) is 6.50. The molecule has 0 aromatic heterocycles. The minimum atomic E-state index is 0.537. The molecule has 0 radical (unpaired) electrons. The molecule has 1 unspecified atom stereocenters. The van der Waals surface area contributed by atoms with Gasteiger partial charge >= 0.3 is 0 Å². The van der Waals surface area contributed by atoms with Gasteiger partial charge < -0.3 is 0 Å². The first kappa shape index (κ1) is 11.3. The molecule has 0 nitrogen and oxygen atoms in total. The van der Waals surface area contributed by atoms with Crippen molar-refractivity contribution in [3.05, 3.63) is 46.5 Å². The fourth-order valence-corrected chi connectivity index (χ4v) is 1.62. The van der Waals surface area contributed by atoms with Crippen LogP contribution in [0.2, 0.25) is 5.02 Å². The predicted molar refractivity (Wildman–Crippen MR) is 63.9 cm³/mol. The van der Waals surface area contributed by atoms with Gasteiger partial charge in [-0.25, -0.2) is 0 Å². The smallest absolute Gasteiger partial charge is 0.0408 e. The van der Waals surface area contributed by atoms with Crippen molar-refractivity contribution >= 4 is 11.6 Å². The van der Waals surface area contributed by atoms with Gasteiger partial charge in [-0.05, 0) is 49.4 Å². The van der Waals surface area contributed by atoms with Crippen molar-refractivity contribution in [3.8, 4) is 0 Å². The molecular formula is C13H17Cl. The third kappa shape index (κ3) is 2.88. The minimum Gasteiger partial charge on any atom is -0.0999 e. The molecule has 0 saturated heterocycles. The molecule has 0 N–H and O–H groups in total. The molecule has 1 heteroatoms. The summed E-state index contributed by atoms with van der Waals surface area (Å²) in [7, 11) is 0. The van der Waals surface area contributed by atoms with Crippen molar-refractivity contribution < 1.29 is 0 Å². The van der Waals surface area contributed by atoms with Gasteiger partial charge in [0.15, 0.2) is 0 Å². The lowest BCUT2D eigenvalue weighted by Crippen LogP contribution is -2.01. The van der Waals surface area contributed by atoms with E-state index >= 15 is 0 Å². The van der Waals surface area contributed by atoms with Crippen molar-refractivity contribution in [1.82, 2.24) is 0 Å². The Morgan fingerprint density at radius 2 is 2.14 bits per heavy atom. The Bertz CT molecular complexity index is 339. The van der Waals surface area contributed by atoms with E-state index in [4.69, 9.17) is 11.6 Å². The van der Waals surface area contributed by atoms with Gasteiger partial charge in [0.1, 0.15) is 0 Å². The Hall–Kier alpha value is -0.750. The highest BCUT2D eigenvalue weighted by atomic mass is 35.5. The zero-order valence-corrected chi connectivity index (χ0v) is 9.86. The van der Waals surface area contributed by atoms with E-state index in [0.717, 1.165) is 11.4 Å². The minimum absolute atomic E-state index is 0.537. The number of rotatable bonds is 3. The maximum Gasteiger partial charge on any atom is 0.0408 e. The Balaban J connectivity index is 2.82. The summed E-state index contributed by atoms with van der Waals surface area (Å²) in [6.45, 7) is 10.4. The van der Waals surface area contributed by atoms with Crippen LogP contribution in [0.15, 0.2) is 30.4 Å². The molecule has 1 atom stereocenters. The van der Waals surface area contributed by atoms with E-state index in [9.17, 15) is 0 Å². The van der Waals surface area contributed by atoms with Gasteiger partial charge in [0.2, 0.25) is 0 Å². The van der Waals surface area contributed by atoms with E-state index < -0.39 is 0 Å². The number of aryl methyl sites for hydroxylation is 1. The average Bonchev–Trinajstić information content (AvgIpc) is 2.09. The van der Waals surface area contributed by atoms with E-state index in [1.807, 2.05) is 12.1 Å². The predicted octanol–water partition coefficient (Wildman–Crippen LogP) is 4.40. The number of halogens is 1. The topological polar surface area (TPSA) is 0 Å². The average molecular weight is 209 g/mol. The van der Waals surface area contributed by atoms with Crippen LogP contribution in [-0.4, -0.2) is 0 Å². The highest BCUT2D eigenvalue weighted by Crippen LogP contribution is 2.20. The van der Waals surface area contributed by atoms with E-state index in [1.54, 1.807) is 0 Å². The third-order valence-corrected chi connectivity index (χ3v) is 2.91. The summed E-state index contributed by atoms with van der Waals surface area (Å²) in [5, 5.41) is 0.814. The Morgan fingerprint density at radius 3 is 2.64 bits per heavy atom. The van der Waals surface area contributed by atoms with Crippen LogP contribution in [0.4, 0.5) is 0 Å². The van der Waals surface area contributed by atoms with Crippen LogP contribution >= 0.6 is 11.6 Å². The summed E-state index contributed by atoms with van der Waals surface area (Å²) >= 11 is 5.90. The van der Waals surface area contributed by atoms with Crippen molar-refractivity contribution in [2.24, 2.45) is 5.92 Å². The van der Waals surface area contributed by atoms with Gasteiger partial charge in [0, 0.05) is 5.02 Å². The highest BCUT2D eigenvalue weighted by Gasteiger charge is 2.06. The normalized spacial score (nSPS) is 12.6. The highest BCUT2D eigenvalue weighted by molar-refractivity contribution is 6.30. The van der Waals surface area contributed by atoms with Crippen LogP contribution in [0.1, 0.15) is 25.0 Å². The SMILES string of the molecule is C=C(C)C(C)Cc1ccc(Cl)cc1C. The lowest BCUT2D eigenvalue weighted by molar-refractivity contribution is 0.678. The molecule has 0 aliphatic carbocycles. The number of allylic oxidation sites excluding steroid dienone is 1. The van der Waals surface area contributed by atoms with Gasteiger partial charge in [0.05, 0.1) is 0 Å². The molecule has 14 heavy (non-hydrogen) atoms. The Morgan fingerprint density at radius 1 is 1.50 bits per heavy atom. The largest absolute Gasteiger partial charge is 0.0999 e. The van der Waals surface area contributed by atoms with Crippen molar-refractivity contribution in [2.45, 2.75) is 27.2 Å². The Kier molecular flexibility index (Phi) is 3.77. The summed E-state index contributed by atoms with van der Waals surface area (Å²) < 4.78 is 0. The lowest BCUT2D eigenvalue weighted by atomic mass is 9.93. The van der Waals surface area contributed by atoms with Crippen LogP contribution < -0.4 is 0 Å². The van der Waals surface area contributed by atoms with Crippen molar-refractivity contribution in [2.75, 3.05) is 0 Å². The second-order valence-electron chi connectivity index (χ2n) is 4.02. The van der Waals surface area contributed by atoms with Crippen LogP contribution in [0.3, 0.4) is 0 Å². The van der Waals surface area contributed by atoms with Gasteiger partial charge in [-0.1, -0.05) is 36.7 Å². The van der Waals surface area contributed by atoms with Crippen LogP contribution in [0.5, 0.6) is 0 Å². The van der Waals surface area contributed by atoms with Gasteiger partial charge in [-0.15, -0.1) is 0 Å². The van der Waals surface area contributed by atoms with Gasteiger partial charge in [-0.3, -0.25) is 0 Å². The maximum absolute atomic E-state index is 5.90. The van der Waals surface area contributed by atoms with Crippen molar-refractivity contribution in [1.29, 1.82) is 0 Å². The first-order valence-corrected chi connectivity index (χ1v) is 5.29. The molecule has 0 aliphatic heterocycles. The van der Waals surface area contributed by atoms with Gasteiger partial charge in [-0.2, -0.15) is 0 Å². The molecule has 0 saturated carbocycles. The summed E-state index contributed by atoms with van der Waals surface area (Å²) in [6.07, 6.45) is 1.05. The summed E-state index contributed by atoms with van der Waals surface area (Å²) in [4.78, 5) is 0. The third-order valence-electron chi connectivity index (χ3n) is 2.67. The maximum atomic E-state index is 5.90.